The summed E-state index contributed by atoms with van der Waals surface area (Å²) >= 11 is 0. The Morgan fingerprint density at radius 3 is 1.79 bits per heavy atom. The minimum absolute atomic E-state index is 0. The summed E-state index contributed by atoms with van der Waals surface area (Å²) in [6.45, 7) is 2.38. The van der Waals surface area contributed by atoms with Crippen LogP contribution in [0, 0.1) is 35.5 Å². The fraction of sp³-hybridized carbons (Fsp3) is 0.714. The number of halogens is 2. The fourth-order valence-electron chi connectivity index (χ4n) is 4.63. The molecule has 1 aromatic carbocycles. The minimum Gasteiger partial charge on any atom is -0.236 e. The molecule has 0 aromatic heterocycles. The summed E-state index contributed by atoms with van der Waals surface area (Å²) in [4.78, 5) is 0. The van der Waals surface area contributed by atoms with Crippen LogP contribution in [0.15, 0.2) is 12.1 Å². The van der Waals surface area contributed by atoms with Gasteiger partial charge in [-0.1, -0.05) is 45.4 Å². The maximum Gasteiger partial charge on any atom is 3.00 e. The molecule has 0 radical (unpaired) electrons. The molecule has 2 fully saturated rings. The number of hydrogen-bond acceptors (Lipinski definition) is 0. The summed E-state index contributed by atoms with van der Waals surface area (Å²) in [5.41, 5.74) is 0.832. The van der Waals surface area contributed by atoms with Crippen molar-refractivity contribution in [3.8, 4) is 0 Å². The Kier molecular flexibility index (Phi) is 8.34. The monoisotopic (exact) mass is 408 g/mol. The molecule has 0 aliphatic heterocycles. The van der Waals surface area contributed by atoms with Crippen LogP contribution >= 0.6 is 0 Å². The van der Waals surface area contributed by atoms with Gasteiger partial charge in [0, 0.05) is 11.6 Å². The second-order valence-electron chi connectivity index (χ2n) is 8.03. The third-order valence-corrected chi connectivity index (χ3v) is 6.26. The Labute approximate surface area is 171 Å². The largest absolute Gasteiger partial charge is 3.00 e. The van der Waals surface area contributed by atoms with Crippen molar-refractivity contribution in [2.45, 2.75) is 77.0 Å². The maximum atomic E-state index is 13.3. The van der Waals surface area contributed by atoms with E-state index in [1.807, 2.05) is 0 Å². The summed E-state index contributed by atoms with van der Waals surface area (Å²) in [6, 6.07) is 5.02. The van der Waals surface area contributed by atoms with Crippen LogP contribution in [0.1, 0.15) is 82.6 Å². The minimum atomic E-state index is -0.561. The predicted octanol–water partition coefficient (Wildman–Crippen LogP) is 6.64. The summed E-state index contributed by atoms with van der Waals surface area (Å²) in [5.74, 6) is 1.93. The molecule has 0 amide bonds. The van der Waals surface area contributed by atoms with Gasteiger partial charge in [0.15, 0.2) is 0 Å². The molecule has 0 spiro atoms. The van der Waals surface area contributed by atoms with Crippen LogP contribution in [0.25, 0.3) is 0 Å². The molecule has 2 aliphatic carbocycles. The second-order valence-corrected chi connectivity index (χ2v) is 8.03. The Morgan fingerprint density at radius 2 is 1.29 bits per heavy atom. The molecule has 24 heavy (non-hydrogen) atoms. The van der Waals surface area contributed by atoms with E-state index in [0.29, 0.717) is 5.92 Å². The molecule has 0 N–H and O–H groups in total. The smallest absolute Gasteiger partial charge is 0.236 e. The van der Waals surface area contributed by atoms with Gasteiger partial charge in [-0.2, -0.15) is 0 Å². The van der Waals surface area contributed by atoms with E-state index >= 15 is 0 Å². The van der Waals surface area contributed by atoms with E-state index in [2.05, 4.69) is 13.0 Å². The third kappa shape index (κ3) is 5.87. The van der Waals surface area contributed by atoms with Crippen molar-refractivity contribution in [3.05, 3.63) is 35.4 Å². The Balaban J connectivity index is 0.00000208. The van der Waals surface area contributed by atoms with E-state index in [-0.39, 0.29) is 32.7 Å². The zero-order chi connectivity index (χ0) is 16.2. The predicted molar refractivity (Wildman–Crippen MR) is 90.2 cm³/mol. The quantitative estimate of drug-likeness (QED) is 0.490. The SMILES string of the molecule is CC1CCC(CCC2CCC(c3cc(F)[c-]c(F)c3)CC2)CC1.[Y+3]. The van der Waals surface area contributed by atoms with Crippen LogP contribution in [0.5, 0.6) is 0 Å². The second kappa shape index (κ2) is 9.76. The van der Waals surface area contributed by atoms with Crippen molar-refractivity contribution < 1.29 is 41.5 Å². The van der Waals surface area contributed by atoms with Crippen molar-refractivity contribution >= 4 is 0 Å². The first-order valence-corrected chi connectivity index (χ1v) is 9.48. The number of benzene rings is 1. The van der Waals surface area contributed by atoms with E-state index in [4.69, 9.17) is 0 Å². The first-order valence-electron chi connectivity index (χ1n) is 9.48. The van der Waals surface area contributed by atoms with Gasteiger partial charge >= 0.3 is 32.7 Å². The van der Waals surface area contributed by atoms with E-state index in [9.17, 15) is 8.78 Å². The molecule has 0 heterocycles. The van der Waals surface area contributed by atoms with Gasteiger partial charge < -0.3 is 0 Å². The van der Waals surface area contributed by atoms with Crippen molar-refractivity contribution in [3.63, 3.8) is 0 Å². The van der Waals surface area contributed by atoms with Crippen molar-refractivity contribution in [1.82, 2.24) is 0 Å². The van der Waals surface area contributed by atoms with Crippen LogP contribution in [-0.2, 0) is 32.7 Å². The molecule has 2 saturated carbocycles. The van der Waals surface area contributed by atoms with Crippen LogP contribution in [0.3, 0.4) is 0 Å². The van der Waals surface area contributed by atoms with E-state index in [0.717, 1.165) is 36.2 Å². The first-order chi connectivity index (χ1) is 11.1. The van der Waals surface area contributed by atoms with Gasteiger partial charge in [0.25, 0.3) is 0 Å². The van der Waals surface area contributed by atoms with E-state index in [1.165, 1.54) is 63.5 Å². The van der Waals surface area contributed by atoms with Crippen molar-refractivity contribution in [1.29, 1.82) is 0 Å². The van der Waals surface area contributed by atoms with Gasteiger partial charge in [-0.05, 0) is 49.4 Å². The van der Waals surface area contributed by atoms with Gasteiger partial charge in [0.2, 0.25) is 0 Å². The molecule has 0 nitrogen and oxygen atoms in total. The van der Waals surface area contributed by atoms with Gasteiger partial charge in [-0.15, -0.1) is 23.8 Å². The molecule has 0 unspecified atom stereocenters. The summed E-state index contributed by atoms with van der Waals surface area (Å²) in [5, 5.41) is 0. The molecular formula is C21H29F2Y+2. The summed E-state index contributed by atoms with van der Waals surface area (Å²) < 4.78 is 26.6. The normalized spacial score (nSPS) is 30.6. The zero-order valence-electron chi connectivity index (χ0n) is 14.9. The van der Waals surface area contributed by atoms with Gasteiger partial charge in [0.05, 0.1) is 0 Å². The molecule has 0 atom stereocenters. The fourth-order valence-corrected chi connectivity index (χ4v) is 4.63. The average molecular weight is 408 g/mol. The first kappa shape index (κ1) is 20.5. The van der Waals surface area contributed by atoms with E-state index < -0.39 is 11.6 Å². The summed E-state index contributed by atoms with van der Waals surface area (Å²) in [6.07, 6.45) is 13.0. The molecule has 3 rings (SSSR count). The summed E-state index contributed by atoms with van der Waals surface area (Å²) in [7, 11) is 0. The van der Waals surface area contributed by atoms with Gasteiger partial charge in [-0.3, -0.25) is 0 Å². The number of rotatable bonds is 4. The molecule has 2 aliphatic rings. The molecule has 1 aromatic rings. The van der Waals surface area contributed by atoms with E-state index in [1.54, 1.807) is 0 Å². The molecule has 0 saturated heterocycles. The standard InChI is InChI=1S/C21H29F2.Y/c1-15-2-4-16(5-3-15)6-7-17-8-10-18(11-9-17)19-12-20(22)14-21(23)13-19;/h12-13,15-18H,2-11H2,1H3;/q-1;+3. The molecule has 128 valence electrons. The van der Waals surface area contributed by atoms with Crippen molar-refractivity contribution in [2.75, 3.05) is 0 Å². The zero-order valence-corrected chi connectivity index (χ0v) is 17.7. The molecule has 3 heteroatoms. The van der Waals surface area contributed by atoms with Crippen molar-refractivity contribution in [2.24, 2.45) is 17.8 Å². The van der Waals surface area contributed by atoms with Crippen LogP contribution in [-0.4, -0.2) is 0 Å². The Hall–Kier alpha value is 0.184. The maximum absolute atomic E-state index is 13.3. The number of hydrogen-bond donors (Lipinski definition) is 0. The Bertz CT molecular complexity index is 480. The van der Waals surface area contributed by atoms with Gasteiger partial charge in [-0.25, -0.2) is 8.78 Å². The van der Waals surface area contributed by atoms with Gasteiger partial charge in [0.1, 0.15) is 0 Å². The van der Waals surface area contributed by atoms with Crippen LogP contribution < -0.4 is 0 Å². The molecule has 0 bridgehead atoms. The van der Waals surface area contributed by atoms with Crippen LogP contribution in [0.2, 0.25) is 0 Å². The average Bonchev–Trinajstić information content (AvgIpc) is 2.54. The molecular weight excluding hydrogens is 379 g/mol. The van der Waals surface area contributed by atoms with Crippen LogP contribution in [0.4, 0.5) is 8.78 Å². The third-order valence-electron chi connectivity index (χ3n) is 6.26. The topological polar surface area (TPSA) is 0 Å². The Morgan fingerprint density at radius 1 is 0.833 bits per heavy atom.